The van der Waals surface area contributed by atoms with Crippen molar-refractivity contribution >= 4 is 5.97 Å². The first-order valence-corrected chi connectivity index (χ1v) is 4.91. The zero-order valence-corrected chi connectivity index (χ0v) is 10.2. The summed E-state index contributed by atoms with van der Waals surface area (Å²) in [5.74, 6) is 0.399. The molecule has 1 aromatic rings. The summed E-state index contributed by atoms with van der Waals surface area (Å²) in [5, 5.41) is 0. The van der Waals surface area contributed by atoms with Gasteiger partial charge in [-0.25, -0.2) is 4.79 Å². The molecule has 0 atom stereocenters. The minimum Gasteiger partial charge on any atom is -0.494 e. The predicted octanol–water partition coefficient (Wildman–Crippen LogP) is 1.99. The maximum Gasteiger partial charge on any atom is 0.359 e. The van der Waals surface area contributed by atoms with E-state index in [-0.39, 0.29) is 5.69 Å². The molecule has 5 heteroatoms. The third kappa shape index (κ3) is 2.92. The molecule has 1 heterocycles. The van der Waals surface area contributed by atoms with Crippen LogP contribution in [-0.2, 0) is 4.74 Å². The minimum atomic E-state index is -0.541. The third-order valence-corrected chi connectivity index (χ3v) is 1.80. The zero-order valence-electron chi connectivity index (χ0n) is 10.2. The molecule has 0 spiro atoms. The molecule has 0 radical (unpaired) electrons. The summed E-state index contributed by atoms with van der Waals surface area (Å²) in [5.41, 5.74) is -0.283. The molecule has 0 amide bonds. The number of nitrogens with one attached hydrogen (secondary N) is 1. The first kappa shape index (κ1) is 12.4. The maximum atomic E-state index is 11.8. The molecular weight excluding hydrogens is 210 g/mol. The monoisotopic (exact) mass is 227 g/mol. The van der Waals surface area contributed by atoms with Crippen LogP contribution in [-0.4, -0.2) is 30.8 Å². The van der Waals surface area contributed by atoms with E-state index in [0.717, 1.165) is 0 Å². The fourth-order valence-electron chi connectivity index (χ4n) is 1.16. The third-order valence-electron chi connectivity index (χ3n) is 1.80. The van der Waals surface area contributed by atoms with Crippen molar-refractivity contribution in [1.82, 2.24) is 4.98 Å². The normalized spacial score (nSPS) is 11.1. The second kappa shape index (κ2) is 4.47. The van der Waals surface area contributed by atoms with E-state index in [4.69, 9.17) is 14.2 Å². The van der Waals surface area contributed by atoms with E-state index in [1.54, 1.807) is 26.8 Å². The molecule has 0 aliphatic carbocycles. The smallest absolute Gasteiger partial charge is 0.359 e. The van der Waals surface area contributed by atoms with Crippen molar-refractivity contribution in [2.45, 2.75) is 26.4 Å². The highest BCUT2D eigenvalue weighted by Gasteiger charge is 2.23. The lowest BCUT2D eigenvalue weighted by Gasteiger charge is -2.19. The largest absolute Gasteiger partial charge is 0.494 e. The molecule has 0 aliphatic rings. The number of hydrogen-bond acceptors (Lipinski definition) is 4. The van der Waals surface area contributed by atoms with Crippen LogP contribution in [0.15, 0.2) is 6.07 Å². The van der Waals surface area contributed by atoms with E-state index in [9.17, 15) is 4.79 Å². The summed E-state index contributed by atoms with van der Waals surface area (Å²) in [7, 11) is 2.99. The average molecular weight is 227 g/mol. The highest BCUT2D eigenvalue weighted by molar-refractivity contribution is 5.91. The summed E-state index contributed by atoms with van der Waals surface area (Å²) < 4.78 is 15.2. The van der Waals surface area contributed by atoms with Gasteiger partial charge < -0.3 is 19.2 Å². The van der Waals surface area contributed by atoms with Crippen molar-refractivity contribution in [3.05, 3.63) is 11.8 Å². The lowest BCUT2D eigenvalue weighted by Crippen LogP contribution is -2.24. The van der Waals surface area contributed by atoms with Gasteiger partial charge in [-0.1, -0.05) is 0 Å². The van der Waals surface area contributed by atoms with Gasteiger partial charge in [-0.15, -0.1) is 0 Å². The number of rotatable bonds is 3. The molecule has 0 saturated carbocycles. The van der Waals surface area contributed by atoms with Crippen molar-refractivity contribution in [3.8, 4) is 11.6 Å². The summed E-state index contributed by atoms with van der Waals surface area (Å²) in [4.78, 5) is 14.6. The molecule has 0 fully saturated rings. The fraction of sp³-hybridized carbons (Fsp3) is 0.545. The molecule has 0 aliphatic heterocycles. The van der Waals surface area contributed by atoms with Crippen LogP contribution in [0.2, 0.25) is 0 Å². The summed E-state index contributed by atoms with van der Waals surface area (Å²) >= 11 is 0. The molecule has 1 N–H and O–H groups in total. The Bertz CT molecular complexity index is 376. The Hall–Kier alpha value is -1.65. The van der Waals surface area contributed by atoms with Gasteiger partial charge in [0.25, 0.3) is 0 Å². The van der Waals surface area contributed by atoms with Crippen molar-refractivity contribution < 1.29 is 19.0 Å². The standard InChI is InChI=1S/C11H17NO4/c1-11(2,3)16-10(13)9-7(14-4)6-8(12-9)15-5/h6,12H,1-5H3. The Morgan fingerprint density at radius 2 is 1.88 bits per heavy atom. The van der Waals surface area contributed by atoms with Gasteiger partial charge in [0, 0.05) is 6.07 Å². The zero-order chi connectivity index (χ0) is 12.3. The van der Waals surface area contributed by atoms with Gasteiger partial charge in [-0.05, 0) is 20.8 Å². The van der Waals surface area contributed by atoms with E-state index in [0.29, 0.717) is 11.6 Å². The van der Waals surface area contributed by atoms with Crippen molar-refractivity contribution in [2.24, 2.45) is 0 Å². The Kier molecular flexibility index (Phi) is 3.47. The molecule has 1 rings (SSSR count). The van der Waals surface area contributed by atoms with E-state index < -0.39 is 11.6 Å². The Labute approximate surface area is 94.7 Å². The summed E-state index contributed by atoms with van der Waals surface area (Å²) in [6.07, 6.45) is 0. The van der Waals surface area contributed by atoms with Crippen LogP contribution >= 0.6 is 0 Å². The van der Waals surface area contributed by atoms with Gasteiger partial charge in [0.05, 0.1) is 14.2 Å². The Morgan fingerprint density at radius 3 is 2.31 bits per heavy atom. The van der Waals surface area contributed by atoms with Crippen LogP contribution < -0.4 is 9.47 Å². The van der Waals surface area contributed by atoms with E-state index in [1.165, 1.54) is 14.2 Å². The number of aromatic nitrogens is 1. The number of ether oxygens (including phenoxy) is 3. The minimum absolute atomic E-state index is 0.259. The molecule has 1 aromatic heterocycles. The Morgan fingerprint density at radius 1 is 1.25 bits per heavy atom. The predicted molar refractivity (Wildman–Crippen MR) is 59.1 cm³/mol. The maximum absolute atomic E-state index is 11.8. The van der Waals surface area contributed by atoms with Gasteiger partial charge in [0.2, 0.25) is 0 Å². The summed E-state index contributed by atoms with van der Waals surface area (Å²) in [6, 6.07) is 1.60. The van der Waals surface area contributed by atoms with Crippen LogP contribution in [0.1, 0.15) is 31.3 Å². The number of esters is 1. The van der Waals surface area contributed by atoms with Gasteiger partial charge >= 0.3 is 5.97 Å². The van der Waals surface area contributed by atoms with Crippen molar-refractivity contribution in [1.29, 1.82) is 0 Å². The quantitative estimate of drug-likeness (QED) is 0.802. The topological polar surface area (TPSA) is 60.6 Å². The first-order valence-electron chi connectivity index (χ1n) is 4.91. The molecule has 16 heavy (non-hydrogen) atoms. The lowest BCUT2D eigenvalue weighted by atomic mass is 10.2. The second-order valence-corrected chi connectivity index (χ2v) is 4.28. The summed E-state index contributed by atoms with van der Waals surface area (Å²) in [6.45, 7) is 5.41. The fourth-order valence-corrected chi connectivity index (χ4v) is 1.16. The van der Waals surface area contributed by atoms with Crippen LogP contribution in [0.5, 0.6) is 11.6 Å². The van der Waals surface area contributed by atoms with E-state index >= 15 is 0 Å². The van der Waals surface area contributed by atoms with Gasteiger partial charge in [-0.2, -0.15) is 0 Å². The molecule has 0 unspecified atom stereocenters. The van der Waals surface area contributed by atoms with Crippen molar-refractivity contribution in [2.75, 3.05) is 14.2 Å². The van der Waals surface area contributed by atoms with E-state index in [1.807, 2.05) is 0 Å². The second-order valence-electron chi connectivity index (χ2n) is 4.28. The number of carbonyl (C=O) groups is 1. The van der Waals surface area contributed by atoms with Gasteiger partial charge in [-0.3, -0.25) is 0 Å². The van der Waals surface area contributed by atoms with Gasteiger partial charge in [0.1, 0.15) is 5.60 Å². The molecule has 0 aromatic carbocycles. The number of carbonyl (C=O) groups excluding carboxylic acids is 1. The van der Waals surface area contributed by atoms with E-state index in [2.05, 4.69) is 4.98 Å². The Balaban J connectivity index is 2.94. The lowest BCUT2D eigenvalue weighted by molar-refractivity contribution is 0.00601. The highest BCUT2D eigenvalue weighted by Crippen LogP contribution is 2.26. The highest BCUT2D eigenvalue weighted by atomic mass is 16.6. The number of methoxy groups -OCH3 is 2. The SMILES string of the molecule is COc1cc(OC)c(C(=O)OC(C)(C)C)[nH]1. The van der Waals surface area contributed by atoms with Crippen LogP contribution in [0.4, 0.5) is 0 Å². The average Bonchev–Trinajstić information content (AvgIpc) is 2.58. The van der Waals surface area contributed by atoms with Gasteiger partial charge in [0.15, 0.2) is 17.3 Å². The molecule has 90 valence electrons. The number of H-pyrrole nitrogens is 1. The van der Waals surface area contributed by atoms with Crippen LogP contribution in [0.25, 0.3) is 0 Å². The number of aromatic amines is 1. The molecular formula is C11H17NO4. The molecule has 0 saturated heterocycles. The van der Waals surface area contributed by atoms with Crippen LogP contribution in [0, 0.1) is 0 Å². The van der Waals surface area contributed by atoms with Crippen LogP contribution in [0.3, 0.4) is 0 Å². The van der Waals surface area contributed by atoms with Crippen molar-refractivity contribution in [3.63, 3.8) is 0 Å². The first-order chi connectivity index (χ1) is 7.37. The number of hydrogen-bond donors (Lipinski definition) is 1. The molecule has 0 bridgehead atoms. The molecule has 5 nitrogen and oxygen atoms in total.